The van der Waals surface area contributed by atoms with E-state index < -0.39 is 6.10 Å². The number of benzene rings is 1. The highest BCUT2D eigenvalue weighted by Crippen LogP contribution is 2.26. The van der Waals surface area contributed by atoms with Gasteiger partial charge in [-0.15, -0.1) is 0 Å². The minimum atomic E-state index is -0.525. The predicted octanol–water partition coefficient (Wildman–Crippen LogP) is 1.25. The molecule has 0 radical (unpaired) electrons. The molecule has 1 N–H and O–H groups in total. The molecule has 120 valence electrons. The number of carbonyl (C=O) groups excluding carboxylic acids is 1. The van der Waals surface area contributed by atoms with Crippen LogP contribution in [0.25, 0.3) is 10.9 Å². The van der Waals surface area contributed by atoms with Crippen molar-refractivity contribution in [1.82, 2.24) is 15.3 Å². The lowest BCUT2D eigenvalue weighted by Gasteiger charge is -2.33. The Morgan fingerprint density at radius 1 is 1.35 bits per heavy atom. The van der Waals surface area contributed by atoms with Crippen molar-refractivity contribution >= 4 is 22.6 Å². The number of aromatic nitrogens is 2. The van der Waals surface area contributed by atoms with Crippen molar-refractivity contribution in [3.63, 3.8) is 0 Å². The van der Waals surface area contributed by atoms with Crippen molar-refractivity contribution in [1.29, 1.82) is 0 Å². The van der Waals surface area contributed by atoms with E-state index in [0.29, 0.717) is 42.5 Å². The molecule has 2 aromatic rings. The Morgan fingerprint density at radius 2 is 2.22 bits per heavy atom. The second-order valence-electron chi connectivity index (χ2n) is 5.95. The SMILES string of the molecule is O=C(NC1CC1)C1CN(c2ncnc3ccc(F)cc23)CCO1. The van der Waals surface area contributed by atoms with Crippen molar-refractivity contribution in [2.45, 2.75) is 25.0 Å². The molecule has 2 heterocycles. The number of nitrogens with one attached hydrogen (secondary N) is 1. The van der Waals surface area contributed by atoms with Crippen molar-refractivity contribution in [2.24, 2.45) is 0 Å². The van der Waals surface area contributed by atoms with Crippen LogP contribution < -0.4 is 10.2 Å². The summed E-state index contributed by atoms with van der Waals surface area (Å²) in [5, 5.41) is 3.61. The number of carbonyl (C=O) groups is 1. The second kappa shape index (κ2) is 5.73. The Labute approximate surface area is 132 Å². The van der Waals surface area contributed by atoms with Gasteiger partial charge in [-0.3, -0.25) is 4.79 Å². The van der Waals surface area contributed by atoms with Crippen LogP contribution in [0.1, 0.15) is 12.8 Å². The van der Waals surface area contributed by atoms with Crippen LogP contribution in [0.5, 0.6) is 0 Å². The summed E-state index contributed by atoms with van der Waals surface area (Å²) in [5.41, 5.74) is 0.682. The highest BCUT2D eigenvalue weighted by Gasteiger charge is 2.32. The van der Waals surface area contributed by atoms with Gasteiger partial charge in [0, 0.05) is 18.0 Å². The Morgan fingerprint density at radius 3 is 3.04 bits per heavy atom. The monoisotopic (exact) mass is 316 g/mol. The predicted molar refractivity (Wildman–Crippen MR) is 82.6 cm³/mol. The molecule has 1 atom stereocenters. The first-order valence-corrected chi connectivity index (χ1v) is 7.78. The van der Waals surface area contributed by atoms with Gasteiger partial charge in [0.05, 0.1) is 18.7 Å². The summed E-state index contributed by atoms with van der Waals surface area (Å²) in [4.78, 5) is 22.6. The fraction of sp³-hybridized carbons (Fsp3) is 0.438. The Kier molecular flexibility index (Phi) is 3.57. The molecular formula is C16H17FN4O2. The second-order valence-corrected chi connectivity index (χ2v) is 5.95. The number of hydrogen-bond acceptors (Lipinski definition) is 5. The number of halogens is 1. The molecule has 0 bridgehead atoms. The van der Waals surface area contributed by atoms with Gasteiger partial charge in [0.15, 0.2) is 6.10 Å². The molecule has 1 aliphatic carbocycles. The number of hydrogen-bond donors (Lipinski definition) is 1. The molecule has 1 aromatic heterocycles. The molecule has 7 heteroatoms. The molecule has 23 heavy (non-hydrogen) atoms. The maximum absolute atomic E-state index is 13.6. The van der Waals surface area contributed by atoms with Crippen LogP contribution in [-0.2, 0) is 9.53 Å². The molecule has 1 aliphatic heterocycles. The van der Waals surface area contributed by atoms with E-state index in [4.69, 9.17) is 4.74 Å². The lowest BCUT2D eigenvalue weighted by Crippen LogP contribution is -2.50. The van der Waals surface area contributed by atoms with Crippen LogP contribution in [0.3, 0.4) is 0 Å². The molecule has 6 nitrogen and oxygen atoms in total. The third-order valence-corrected chi connectivity index (χ3v) is 4.16. The van der Waals surface area contributed by atoms with Gasteiger partial charge in [0.1, 0.15) is 18.0 Å². The maximum atomic E-state index is 13.6. The van der Waals surface area contributed by atoms with Gasteiger partial charge in [-0.2, -0.15) is 0 Å². The van der Waals surface area contributed by atoms with Gasteiger partial charge < -0.3 is 15.0 Å². The van der Waals surface area contributed by atoms with Gasteiger partial charge in [-0.25, -0.2) is 14.4 Å². The van der Waals surface area contributed by atoms with Crippen molar-refractivity contribution < 1.29 is 13.9 Å². The summed E-state index contributed by atoms with van der Waals surface area (Å²) in [6.45, 7) is 1.45. The number of rotatable bonds is 3. The Bertz CT molecular complexity index is 750. The number of morpholine rings is 1. The van der Waals surface area contributed by atoms with Gasteiger partial charge in [0.25, 0.3) is 5.91 Å². The third-order valence-electron chi connectivity index (χ3n) is 4.16. The van der Waals surface area contributed by atoms with E-state index in [2.05, 4.69) is 15.3 Å². The molecule has 2 fully saturated rings. The normalized spacial score (nSPS) is 21.4. The standard InChI is InChI=1S/C16H17FN4O2/c17-10-1-4-13-12(7-10)15(19-9-18-13)21-5-6-23-14(8-21)16(22)20-11-2-3-11/h1,4,7,9,11,14H,2-3,5-6,8H2,(H,20,22). The van der Waals surface area contributed by atoms with Gasteiger partial charge in [-0.05, 0) is 31.0 Å². The molecule has 1 unspecified atom stereocenters. The number of anilines is 1. The van der Waals surface area contributed by atoms with Crippen molar-refractivity contribution in [3.05, 3.63) is 30.3 Å². The van der Waals surface area contributed by atoms with Gasteiger partial charge >= 0.3 is 0 Å². The van der Waals surface area contributed by atoms with E-state index in [0.717, 1.165) is 12.8 Å². The average molecular weight is 316 g/mol. The summed E-state index contributed by atoms with van der Waals surface area (Å²) in [6.07, 6.45) is 3.02. The molecular weight excluding hydrogens is 299 g/mol. The summed E-state index contributed by atoms with van der Waals surface area (Å²) in [5.74, 6) is 0.230. The number of fused-ring (bicyclic) bond motifs is 1. The number of ether oxygens (including phenoxy) is 1. The van der Waals surface area contributed by atoms with Gasteiger partial charge in [-0.1, -0.05) is 0 Å². The lowest BCUT2D eigenvalue weighted by molar-refractivity contribution is -0.133. The topological polar surface area (TPSA) is 67.4 Å². The first-order chi connectivity index (χ1) is 11.2. The van der Waals surface area contributed by atoms with E-state index in [-0.39, 0.29) is 11.7 Å². The van der Waals surface area contributed by atoms with E-state index >= 15 is 0 Å². The fourth-order valence-electron chi connectivity index (χ4n) is 2.79. The molecule has 1 aromatic carbocycles. The molecule has 1 saturated heterocycles. The number of nitrogens with zero attached hydrogens (tertiary/aromatic N) is 3. The zero-order valence-electron chi connectivity index (χ0n) is 12.5. The lowest BCUT2D eigenvalue weighted by atomic mass is 10.2. The highest BCUT2D eigenvalue weighted by atomic mass is 19.1. The highest BCUT2D eigenvalue weighted by molar-refractivity contribution is 5.90. The fourth-order valence-corrected chi connectivity index (χ4v) is 2.79. The van der Waals surface area contributed by atoms with Gasteiger partial charge in [0.2, 0.25) is 0 Å². The first kappa shape index (κ1) is 14.3. The van der Waals surface area contributed by atoms with Crippen LogP contribution in [-0.4, -0.2) is 47.7 Å². The largest absolute Gasteiger partial charge is 0.365 e. The third kappa shape index (κ3) is 2.96. The minimum Gasteiger partial charge on any atom is -0.365 e. The smallest absolute Gasteiger partial charge is 0.251 e. The Hall–Kier alpha value is -2.28. The molecule has 0 spiro atoms. The summed E-state index contributed by atoms with van der Waals surface area (Å²) in [7, 11) is 0. The quantitative estimate of drug-likeness (QED) is 0.923. The average Bonchev–Trinajstić information content (AvgIpc) is 3.38. The molecule has 1 amide bonds. The summed E-state index contributed by atoms with van der Waals surface area (Å²) >= 11 is 0. The number of amides is 1. The van der Waals surface area contributed by atoms with E-state index in [1.54, 1.807) is 6.07 Å². The van der Waals surface area contributed by atoms with Crippen LogP contribution in [0.15, 0.2) is 24.5 Å². The zero-order valence-corrected chi connectivity index (χ0v) is 12.5. The summed E-state index contributed by atoms with van der Waals surface area (Å²) < 4.78 is 19.2. The van der Waals surface area contributed by atoms with Crippen molar-refractivity contribution in [2.75, 3.05) is 24.6 Å². The van der Waals surface area contributed by atoms with E-state index in [9.17, 15) is 9.18 Å². The van der Waals surface area contributed by atoms with E-state index in [1.165, 1.54) is 18.5 Å². The molecule has 1 saturated carbocycles. The molecule has 2 aliphatic rings. The maximum Gasteiger partial charge on any atom is 0.251 e. The zero-order chi connectivity index (χ0) is 15.8. The molecule has 4 rings (SSSR count). The Balaban J connectivity index is 1.59. The first-order valence-electron chi connectivity index (χ1n) is 7.78. The van der Waals surface area contributed by atoms with Crippen molar-refractivity contribution in [3.8, 4) is 0 Å². The van der Waals surface area contributed by atoms with Crippen LogP contribution >= 0.6 is 0 Å². The minimum absolute atomic E-state index is 0.0817. The van der Waals surface area contributed by atoms with Crippen LogP contribution in [0.2, 0.25) is 0 Å². The van der Waals surface area contributed by atoms with Crippen LogP contribution in [0.4, 0.5) is 10.2 Å². The van der Waals surface area contributed by atoms with Crippen LogP contribution in [0, 0.1) is 5.82 Å². The summed E-state index contributed by atoms with van der Waals surface area (Å²) in [6, 6.07) is 4.74. The van der Waals surface area contributed by atoms with E-state index in [1.807, 2.05) is 4.90 Å².